The number of carboxylic acid groups (broad SMARTS) is 1. The third kappa shape index (κ3) is 4.17. The second-order valence-electron chi connectivity index (χ2n) is 6.50. The van der Waals surface area contributed by atoms with Crippen molar-refractivity contribution in [1.82, 2.24) is 0 Å². The zero-order valence-corrected chi connectivity index (χ0v) is 15.1. The van der Waals surface area contributed by atoms with Gasteiger partial charge in [-0.05, 0) is 35.9 Å². The van der Waals surface area contributed by atoms with Crippen LogP contribution in [-0.2, 0) is 20.9 Å². The summed E-state index contributed by atoms with van der Waals surface area (Å²) in [6.45, 7) is 0.238. The molecule has 0 bridgehead atoms. The van der Waals surface area contributed by atoms with Gasteiger partial charge in [0, 0.05) is 25.8 Å². The Morgan fingerprint density at radius 2 is 2.04 bits per heavy atom. The van der Waals surface area contributed by atoms with Gasteiger partial charge in [0.2, 0.25) is 11.8 Å². The Balaban J connectivity index is 1.76. The van der Waals surface area contributed by atoms with Crippen LogP contribution in [0.25, 0.3) is 0 Å². The molecule has 1 atom stereocenters. The van der Waals surface area contributed by atoms with E-state index in [2.05, 4.69) is 5.32 Å². The number of carbonyl (C=O) groups excluding carboxylic acids is 2. The largest absolute Gasteiger partial charge is 0.478 e. The number of methoxy groups -OCH3 is 1. The summed E-state index contributed by atoms with van der Waals surface area (Å²) in [5, 5.41) is 11.9. The zero-order chi connectivity index (χ0) is 20.3. The van der Waals surface area contributed by atoms with Gasteiger partial charge in [-0.25, -0.2) is 9.18 Å². The number of rotatable bonds is 6. The number of carboxylic acids is 1. The normalized spacial score (nSPS) is 16.3. The minimum atomic E-state index is -1.13. The molecular weight excluding hydrogens is 367 g/mol. The van der Waals surface area contributed by atoms with Crippen molar-refractivity contribution in [3.05, 3.63) is 59.4 Å². The number of benzene rings is 2. The molecule has 1 heterocycles. The van der Waals surface area contributed by atoms with Gasteiger partial charge >= 0.3 is 5.97 Å². The Morgan fingerprint density at radius 1 is 1.29 bits per heavy atom. The van der Waals surface area contributed by atoms with Gasteiger partial charge in [0.1, 0.15) is 5.82 Å². The molecule has 0 radical (unpaired) electrons. The predicted octanol–water partition coefficient (Wildman–Crippen LogP) is 2.66. The molecule has 28 heavy (non-hydrogen) atoms. The number of carbonyl (C=O) groups is 3. The summed E-state index contributed by atoms with van der Waals surface area (Å²) in [5.41, 5.74) is 1.04. The van der Waals surface area contributed by atoms with E-state index >= 15 is 0 Å². The molecule has 7 nitrogen and oxygen atoms in total. The average Bonchev–Trinajstić information content (AvgIpc) is 3.04. The average molecular weight is 386 g/mol. The second-order valence-corrected chi connectivity index (χ2v) is 6.50. The topological polar surface area (TPSA) is 95.9 Å². The van der Waals surface area contributed by atoms with Gasteiger partial charge in [-0.3, -0.25) is 9.59 Å². The van der Waals surface area contributed by atoms with E-state index in [9.17, 15) is 23.9 Å². The summed E-state index contributed by atoms with van der Waals surface area (Å²) in [6.07, 6.45) is -0.0519. The minimum absolute atomic E-state index is 0.0142. The fourth-order valence-corrected chi connectivity index (χ4v) is 3.17. The molecule has 2 aromatic rings. The first-order valence-electron chi connectivity index (χ1n) is 8.61. The fraction of sp³-hybridized carbons (Fsp3) is 0.250. The molecule has 2 aromatic carbocycles. The van der Waals surface area contributed by atoms with E-state index < -0.39 is 23.6 Å². The maximum Gasteiger partial charge on any atom is 0.335 e. The summed E-state index contributed by atoms with van der Waals surface area (Å²) in [6, 6.07) is 10.3. The van der Waals surface area contributed by atoms with Crippen LogP contribution in [0.1, 0.15) is 22.3 Å². The number of amides is 2. The quantitative estimate of drug-likeness (QED) is 0.796. The summed E-state index contributed by atoms with van der Waals surface area (Å²) >= 11 is 0. The molecule has 2 amide bonds. The van der Waals surface area contributed by atoms with Gasteiger partial charge in [0.25, 0.3) is 0 Å². The standard InChI is InChI=1S/C20H19FN2O5/c1-28-11-12-6-13(20(26)27)8-15(7-12)22-19(25)14-9-18(24)23(10-14)17-5-3-2-4-16(17)21/h2-8,14H,9-11H2,1H3,(H,22,25)(H,26,27). The molecule has 1 fully saturated rings. The third-order valence-corrected chi connectivity index (χ3v) is 4.46. The number of hydrogen-bond acceptors (Lipinski definition) is 4. The molecule has 1 saturated heterocycles. The van der Waals surface area contributed by atoms with Gasteiger partial charge < -0.3 is 20.1 Å². The van der Waals surface area contributed by atoms with E-state index in [1.54, 1.807) is 12.1 Å². The lowest BCUT2D eigenvalue weighted by molar-refractivity contribution is -0.122. The van der Waals surface area contributed by atoms with Crippen LogP contribution in [-0.4, -0.2) is 36.5 Å². The van der Waals surface area contributed by atoms with Crippen molar-refractivity contribution in [2.24, 2.45) is 5.92 Å². The van der Waals surface area contributed by atoms with Crippen molar-refractivity contribution >= 4 is 29.2 Å². The molecule has 8 heteroatoms. The second kappa shape index (κ2) is 8.18. The van der Waals surface area contributed by atoms with Crippen molar-refractivity contribution in [2.75, 3.05) is 23.9 Å². The van der Waals surface area contributed by atoms with Crippen molar-refractivity contribution < 1.29 is 28.6 Å². The maximum absolute atomic E-state index is 14.0. The number of para-hydroxylation sites is 1. The molecule has 0 spiro atoms. The molecule has 0 aliphatic carbocycles. The van der Waals surface area contributed by atoms with Crippen molar-refractivity contribution in [2.45, 2.75) is 13.0 Å². The van der Waals surface area contributed by atoms with Crippen LogP contribution in [0, 0.1) is 11.7 Å². The highest BCUT2D eigenvalue weighted by Crippen LogP contribution is 2.28. The van der Waals surface area contributed by atoms with Crippen LogP contribution in [0.4, 0.5) is 15.8 Å². The van der Waals surface area contributed by atoms with Crippen molar-refractivity contribution in [3.8, 4) is 0 Å². The first-order chi connectivity index (χ1) is 13.4. The maximum atomic E-state index is 14.0. The van der Waals surface area contributed by atoms with Gasteiger partial charge in [-0.15, -0.1) is 0 Å². The summed E-state index contributed by atoms with van der Waals surface area (Å²) in [4.78, 5) is 37.4. The summed E-state index contributed by atoms with van der Waals surface area (Å²) in [5.74, 6) is -3.11. The number of hydrogen-bond donors (Lipinski definition) is 2. The number of ether oxygens (including phenoxy) is 1. The smallest absolute Gasteiger partial charge is 0.335 e. The summed E-state index contributed by atoms with van der Waals surface area (Å²) < 4.78 is 19.0. The first kappa shape index (κ1) is 19.5. The van der Waals surface area contributed by atoms with Crippen LogP contribution >= 0.6 is 0 Å². The number of halogens is 1. The highest BCUT2D eigenvalue weighted by molar-refractivity contribution is 6.04. The molecule has 1 aliphatic rings. The Hall–Kier alpha value is -3.26. The van der Waals surface area contributed by atoms with E-state index in [0.29, 0.717) is 11.3 Å². The molecule has 1 unspecified atom stereocenters. The number of nitrogens with one attached hydrogen (secondary N) is 1. The first-order valence-corrected chi connectivity index (χ1v) is 8.61. The molecule has 2 N–H and O–H groups in total. The van der Waals surface area contributed by atoms with Gasteiger partial charge in [-0.2, -0.15) is 0 Å². The molecule has 0 saturated carbocycles. The van der Waals surface area contributed by atoms with Crippen LogP contribution in [0.15, 0.2) is 42.5 Å². The van der Waals surface area contributed by atoms with Gasteiger partial charge in [0.15, 0.2) is 0 Å². The van der Waals surface area contributed by atoms with Crippen molar-refractivity contribution in [3.63, 3.8) is 0 Å². The molecule has 1 aliphatic heterocycles. The molecule has 3 rings (SSSR count). The van der Waals surface area contributed by atoms with E-state index in [4.69, 9.17) is 4.74 Å². The highest BCUT2D eigenvalue weighted by Gasteiger charge is 2.36. The van der Waals surface area contributed by atoms with Crippen molar-refractivity contribution in [1.29, 1.82) is 0 Å². The van der Waals surface area contributed by atoms with E-state index in [1.165, 1.54) is 42.3 Å². The Labute approximate surface area is 160 Å². The number of nitrogens with zero attached hydrogens (tertiary/aromatic N) is 1. The van der Waals surface area contributed by atoms with Crippen LogP contribution < -0.4 is 10.2 Å². The molecule has 0 aromatic heterocycles. The SMILES string of the molecule is COCc1cc(NC(=O)C2CC(=O)N(c3ccccc3F)C2)cc(C(=O)O)c1. The predicted molar refractivity (Wildman–Crippen MR) is 99.6 cm³/mol. The van der Waals surface area contributed by atoms with E-state index in [0.717, 1.165) is 0 Å². The zero-order valence-electron chi connectivity index (χ0n) is 15.1. The molecular formula is C20H19FN2O5. The van der Waals surface area contributed by atoms with E-state index in [-0.39, 0.29) is 36.7 Å². The Bertz CT molecular complexity index is 931. The van der Waals surface area contributed by atoms with Gasteiger partial charge in [0.05, 0.1) is 23.8 Å². The lowest BCUT2D eigenvalue weighted by atomic mass is 10.1. The van der Waals surface area contributed by atoms with Crippen LogP contribution in [0.3, 0.4) is 0 Å². The van der Waals surface area contributed by atoms with E-state index in [1.807, 2.05) is 0 Å². The monoisotopic (exact) mass is 386 g/mol. The summed E-state index contributed by atoms with van der Waals surface area (Å²) in [7, 11) is 1.48. The Morgan fingerprint density at radius 3 is 2.71 bits per heavy atom. The fourth-order valence-electron chi connectivity index (χ4n) is 3.17. The van der Waals surface area contributed by atoms with Gasteiger partial charge in [-0.1, -0.05) is 12.1 Å². The lowest BCUT2D eigenvalue weighted by Gasteiger charge is -2.17. The molecule has 146 valence electrons. The Kier molecular flexibility index (Phi) is 5.70. The highest BCUT2D eigenvalue weighted by atomic mass is 19.1. The minimum Gasteiger partial charge on any atom is -0.478 e. The van der Waals surface area contributed by atoms with Crippen LogP contribution in [0.2, 0.25) is 0 Å². The van der Waals surface area contributed by atoms with Crippen LogP contribution in [0.5, 0.6) is 0 Å². The number of anilines is 2. The third-order valence-electron chi connectivity index (χ3n) is 4.46. The number of aromatic carboxylic acids is 1. The lowest BCUT2D eigenvalue weighted by Crippen LogP contribution is -2.28.